The quantitative estimate of drug-likeness (QED) is 0.499. The molecule has 12 heavy (non-hydrogen) atoms. The first-order valence-electron chi connectivity index (χ1n) is 3.51. The molecular formula is C8H11N3O. The third kappa shape index (κ3) is 1.72. The van der Waals surface area contributed by atoms with Crippen molar-refractivity contribution < 1.29 is 4.74 Å². The van der Waals surface area contributed by atoms with Gasteiger partial charge in [-0.3, -0.25) is 0 Å². The van der Waals surface area contributed by atoms with Crippen LogP contribution in [-0.2, 0) is 4.74 Å². The second kappa shape index (κ2) is 3.71. The van der Waals surface area contributed by atoms with Crippen molar-refractivity contribution in [2.45, 2.75) is 6.92 Å². The molecule has 0 spiro atoms. The first kappa shape index (κ1) is 8.52. The Hall–Kier alpha value is -1.58. The Labute approximate surface area is 71.0 Å². The molecule has 0 radical (unpaired) electrons. The van der Waals surface area contributed by atoms with Gasteiger partial charge in [0.25, 0.3) is 0 Å². The van der Waals surface area contributed by atoms with E-state index >= 15 is 0 Å². The summed E-state index contributed by atoms with van der Waals surface area (Å²) in [5.74, 6) is 0.749. The molecule has 1 aromatic rings. The number of aromatic nitrogens is 1. The van der Waals surface area contributed by atoms with Gasteiger partial charge in [0.15, 0.2) is 0 Å². The molecule has 0 aliphatic heterocycles. The highest BCUT2D eigenvalue weighted by atomic mass is 16.5. The van der Waals surface area contributed by atoms with Gasteiger partial charge in [0.1, 0.15) is 5.82 Å². The predicted molar refractivity (Wildman–Crippen MR) is 49.2 cm³/mol. The third-order valence-electron chi connectivity index (χ3n) is 1.45. The maximum absolute atomic E-state index is 4.83. The molecule has 0 atom stereocenters. The maximum Gasteiger partial charge on any atom is 0.317 e. The number of nitrogens with one attached hydrogen (secondary N) is 1. The Balaban J connectivity index is 2.92. The summed E-state index contributed by atoms with van der Waals surface area (Å²) in [7, 11) is 1.51. The second-order valence-electron chi connectivity index (χ2n) is 2.27. The molecule has 0 unspecified atom stereocenters. The summed E-state index contributed by atoms with van der Waals surface area (Å²) >= 11 is 0. The monoisotopic (exact) mass is 165 g/mol. The van der Waals surface area contributed by atoms with Crippen LogP contribution in [0.5, 0.6) is 0 Å². The number of amidine groups is 1. The van der Waals surface area contributed by atoms with Gasteiger partial charge in [-0.2, -0.15) is 4.99 Å². The van der Waals surface area contributed by atoms with Gasteiger partial charge in [-0.05, 0) is 25.3 Å². The van der Waals surface area contributed by atoms with E-state index in [-0.39, 0.29) is 6.02 Å². The number of aryl methyl sites for hydroxylation is 1. The minimum Gasteiger partial charge on any atom is -0.467 e. The smallest absolute Gasteiger partial charge is 0.317 e. The normalized spacial score (nSPS) is 11.3. The van der Waals surface area contributed by atoms with E-state index in [4.69, 9.17) is 4.74 Å². The standard InChI is InChI=1S/C8H11N3O/c1-6-4-5-10-7(6)11-8(9-2)12-3/h4-5,10H,2H2,1,3H3. The van der Waals surface area contributed by atoms with E-state index in [1.165, 1.54) is 7.11 Å². The molecule has 1 aromatic heterocycles. The minimum absolute atomic E-state index is 0.264. The van der Waals surface area contributed by atoms with Crippen LogP contribution in [0.25, 0.3) is 0 Å². The van der Waals surface area contributed by atoms with Crippen LogP contribution >= 0.6 is 0 Å². The van der Waals surface area contributed by atoms with Crippen LogP contribution in [-0.4, -0.2) is 24.8 Å². The van der Waals surface area contributed by atoms with Gasteiger partial charge in [-0.1, -0.05) is 0 Å². The van der Waals surface area contributed by atoms with Gasteiger partial charge in [0, 0.05) is 6.20 Å². The molecule has 4 nitrogen and oxygen atoms in total. The van der Waals surface area contributed by atoms with Crippen molar-refractivity contribution in [2.24, 2.45) is 9.98 Å². The van der Waals surface area contributed by atoms with Crippen LogP contribution in [0.4, 0.5) is 5.82 Å². The van der Waals surface area contributed by atoms with E-state index in [1.807, 2.05) is 19.2 Å². The number of rotatable bonds is 1. The van der Waals surface area contributed by atoms with Gasteiger partial charge >= 0.3 is 6.02 Å². The highest BCUT2D eigenvalue weighted by Gasteiger charge is 1.98. The molecule has 1 rings (SSSR count). The lowest BCUT2D eigenvalue weighted by Gasteiger charge is -1.96. The SMILES string of the molecule is C=NC(=Nc1[nH]ccc1C)OC. The number of H-pyrrole nitrogens is 1. The van der Waals surface area contributed by atoms with Crippen LogP contribution in [0.3, 0.4) is 0 Å². The van der Waals surface area contributed by atoms with Crippen LogP contribution in [0, 0.1) is 6.92 Å². The van der Waals surface area contributed by atoms with Gasteiger partial charge < -0.3 is 9.72 Å². The number of ether oxygens (including phenoxy) is 1. The summed E-state index contributed by atoms with van der Waals surface area (Å²) in [6.45, 7) is 5.27. The van der Waals surface area contributed by atoms with Crippen molar-refractivity contribution in [3.05, 3.63) is 17.8 Å². The van der Waals surface area contributed by atoms with Crippen molar-refractivity contribution in [1.29, 1.82) is 0 Å². The summed E-state index contributed by atoms with van der Waals surface area (Å²) in [4.78, 5) is 10.6. The minimum atomic E-state index is 0.264. The van der Waals surface area contributed by atoms with E-state index in [1.54, 1.807) is 0 Å². The molecular weight excluding hydrogens is 154 g/mol. The fourth-order valence-corrected chi connectivity index (χ4v) is 0.800. The molecule has 0 aliphatic carbocycles. The lowest BCUT2D eigenvalue weighted by Crippen LogP contribution is -1.94. The highest BCUT2D eigenvalue weighted by Crippen LogP contribution is 2.14. The summed E-state index contributed by atoms with van der Waals surface area (Å²) in [5, 5.41) is 0. The third-order valence-corrected chi connectivity index (χ3v) is 1.45. The van der Waals surface area contributed by atoms with Crippen molar-refractivity contribution in [3.8, 4) is 0 Å². The number of aliphatic imine (C=N–C) groups is 2. The number of aromatic amines is 1. The number of hydrogen-bond acceptors (Lipinski definition) is 2. The highest BCUT2D eigenvalue weighted by molar-refractivity contribution is 5.80. The van der Waals surface area contributed by atoms with Crippen molar-refractivity contribution >= 4 is 18.6 Å². The Bertz CT molecular complexity index is 301. The van der Waals surface area contributed by atoms with E-state index in [9.17, 15) is 0 Å². The van der Waals surface area contributed by atoms with Crippen LogP contribution in [0.1, 0.15) is 5.56 Å². The summed E-state index contributed by atoms with van der Waals surface area (Å²) in [6.07, 6.45) is 1.81. The zero-order chi connectivity index (χ0) is 8.97. The zero-order valence-electron chi connectivity index (χ0n) is 7.16. The average molecular weight is 165 g/mol. The second-order valence-corrected chi connectivity index (χ2v) is 2.27. The van der Waals surface area contributed by atoms with Crippen molar-refractivity contribution in [2.75, 3.05) is 7.11 Å². The van der Waals surface area contributed by atoms with E-state index in [2.05, 4.69) is 21.7 Å². The van der Waals surface area contributed by atoms with E-state index in [0.29, 0.717) is 0 Å². The van der Waals surface area contributed by atoms with Crippen molar-refractivity contribution in [1.82, 2.24) is 4.98 Å². The van der Waals surface area contributed by atoms with Crippen molar-refractivity contribution in [3.63, 3.8) is 0 Å². The predicted octanol–water partition coefficient (Wildman–Crippen LogP) is 1.66. The van der Waals surface area contributed by atoms with Crippen LogP contribution < -0.4 is 0 Å². The zero-order valence-corrected chi connectivity index (χ0v) is 7.16. The summed E-state index contributed by atoms with van der Waals surface area (Å²) in [6, 6.07) is 2.19. The Morgan fingerprint density at radius 2 is 2.42 bits per heavy atom. The molecule has 0 aromatic carbocycles. The fourth-order valence-electron chi connectivity index (χ4n) is 0.800. The molecule has 1 heterocycles. The number of hydrogen-bond donors (Lipinski definition) is 1. The molecule has 0 fully saturated rings. The van der Waals surface area contributed by atoms with E-state index in [0.717, 1.165) is 11.4 Å². The molecule has 64 valence electrons. The molecule has 0 saturated carbocycles. The Kier molecular flexibility index (Phi) is 2.63. The van der Waals surface area contributed by atoms with Gasteiger partial charge in [0.05, 0.1) is 7.11 Å². The summed E-state index contributed by atoms with van der Waals surface area (Å²) < 4.78 is 4.83. The summed E-state index contributed by atoms with van der Waals surface area (Å²) in [5.41, 5.74) is 1.05. The molecule has 0 amide bonds. The molecule has 1 N–H and O–H groups in total. The number of methoxy groups -OCH3 is 1. The molecule has 4 heteroatoms. The lowest BCUT2D eigenvalue weighted by molar-refractivity contribution is 0.397. The first-order valence-corrected chi connectivity index (χ1v) is 3.51. The Morgan fingerprint density at radius 1 is 1.67 bits per heavy atom. The molecule has 0 bridgehead atoms. The molecule has 0 saturated heterocycles. The number of nitrogens with zero attached hydrogens (tertiary/aromatic N) is 2. The van der Waals surface area contributed by atoms with Gasteiger partial charge in [-0.25, -0.2) is 4.99 Å². The fraction of sp³-hybridized carbons (Fsp3) is 0.250. The van der Waals surface area contributed by atoms with E-state index < -0.39 is 0 Å². The van der Waals surface area contributed by atoms with Gasteiger partial charge in [0.2, 0.25) is 0 Å². The molecule has 0 aliphatic rings. The van der Waals surface area contributed by atoms with Crippen LogP contribution in [0.15, 0.2) is 22.2 Å². The Morgan fingerprint density at radius 3 is 2.83 bits per heavy atom. The maximum atomic E-state index is 4.83. The largest absolute Gasteiger partial charge is 0.467 e. The first-order chi connectivity index (χ1) is 5.77. The lowest BCUT2D eigenvalue weighted by atomic mass is 10.4. The van der Waals surface area contributed by atoms with Gasteiger partial charge in [-0.15, -0.1) is 0 Å². The average Bonchev–Trinajstić information content (AvgIpc) is 2.47. The van der Waals surface area contributed by atoms with Crippen LogP contribution in [0.2, 0.25) is 0 Å². The topological polar surface area (TPSA) is 49.7 Å².